The van der Waals surface area contributed by atoms with Crippen LogP contribution in [0.4, 0.5) is 9.52 Å². The van der Waals surface area contributed by atoms with E-state index in [1.807, 2.05) is 6.07 Å². The number of amides is 1. The van der Waals surface area contributed by atoms with Crippen LogP contribution in [0.25, 0.3) is 10.2 Å². The SMILES string of the molecule is O=C(N1CCN(c2nc3c(F)cccc3s2)CC1)C12CC3CC(CC(C3)C1)C2. The van der Waals surface area contributed by atoms with Crippen LogP contribution in [0, 0.1) is 29.0 Å². The Bertz CT molecular complexity index is 898. The zero-order valence-electron chi connectivity index (χ0n) is 16.1. The summed E-state index contributed by atoms with van der Waals surface area (Å²) in [6.45, 7) is 3.11. The maximum atomic E-state index is 14.0. The summed E-state index contributed by atoms with van der Waals surface area (Å²) >= 11 is 1.55. The van der Waals surface area contributed by atoms with E-state index in [0.717, 1.165) is 73.0 Å². The fourth-order valence-corrected chi connectivity index (χ4v) is 7.88. The van der Waals surface area contributed by atoms with E-state index in [0.29, 0.717) is 11.4 Å². The number of hydrogen-bond acceptors (Lipinski definition) is 4. The van der Waals surface area contributed by atoms with Crippen molar-refractivity contribution in [1.29, 1.82) is 0 Å². The summed E-state index contributed by atoms with van der Waals surface area (Å²) in [4.78, 5) is 22.4. The first kappa shape index (κ1) is 17.2. The summed E-state index contributed by atoms with van der Waals surface area (Å²) in [6, 6.07) is 5.13. The number of halogens is 1. The normalized spacial score (nSPS) is 34.4. The first-order valence-electron chi connectivity index (χ1n) is 10.7. The number of anilines is 1. The molecule has 1 aromatic carbocycles. The molecule has 1 amide bonds. The molecule has 4 aliphatic carbocycles. The molecule has 0 unspecified atom stereocenters. The second-order valence-electron chi connectivity index (χ2n) is 9.56. The van der Waals surface area contributed by atoms with E-state index in [1.54, 1.807) is 17.4 Å². The maximum absolute atomic E-state index is 14.0. The molecule has 1 aliphatic heterocycles. The summed E-state index contributed by atoms with van der Waals surface area (Å²) < 4.78 is 14.9. The van der Waals surface area contributed by atoms with Gasteiger partial charge in [0, 0.05) is 26.2 Å². The van der Waals surface area contributed by atoms with Gasteiger partial charge < -0.3 is 9.80 Å². The van der Waals surface area contributed by atoms with Gasteiger partial charge in [-0.15, -0.1) is 0 Å². The van der Waals surface area contributed by atoms with Crippen molar-refractivity contribution in [1.82, 2.24) is 9.88 Å². The molecular weight excluding hydrogens is 373 g/mol. The van der Waals surface area contributed by atoms with Crippen molar-refractivity contribution in [2.24, 2.45) is 23.2 Å². The standard InChI is InChI=1S/C22H26FN3OS/c23-17-2-1-3-18-19(17)24-21(28-18)26-6-4-25(5-7-26)20(27)22-11-14-8-15(12-22)10-16(9-14)13-22/h1-3,14-16H,4-13H2. The number of carbonyl (C=O) groups is 1. The number of fused-ring (bicyclic) bond motifs is 1. The molecule has 4 nitrogen and oxygen atoms in total. The highest BCUT2D eigenvalue weighted by Gasteiger charge is 2.55. The van der Waals surface area contributed by atoms with Gasteiger partial charge in [0.1, 0.15) is 11.3 Å². The van der Waals surface area contributed by atoms with Crippen LogP contribution in [-0.4, -0.2) is 42.0 Å². The number of nitrogens with zero attached hydrogens (tertiary/aromatic N) is 3. The van der Waals surface area contributed by atoms with Crippen molar-refractivity contribution in [3.8, 4) is 0 Å². The van der Waals surface area contributed by atoms with E-state index in [2.05, 4.69) is 14.8 Å². The lowest BCUT2D eigenvalue weighted by molar-refractivity contribution is -0.158. The minimum atomic E-state index is -0.254. The van der Waals surface area contributed by atoms with Crippen molar-refractivity contribution >= 4 is 32.6 Å². The fourth-order valence-electron chi connectivity index (χ4n) is 6.85. The van der Waals surface area contributed by atoms with Gasteiger partial charge in [-0.2, -0.15) is 0 Å². The monoisotopic (exact) mass is 399 g/mol. The van der Waals surface area contributed by atoms with Gasteiger partial charge in [-0.05, 0) is 68.4 Å². The predicted octanol–water partition coefficient (Wildman–Crippen LogP) is 4.30. The maximum Gasteiger partial charge on any atom is 0.228 e. The van der Waals surface area contributed by atoms with Crippen molar-refractivity contribution in [2.45, 2.75) is 38.5 Å². The van der Waals surface area contributed by atoms with Gasteiger partial charge in [0.05, 0.1) is 10.1 Å². The highest BCUT2D eigenvalue weighted by molar-refractivity contribution is 7.22. The Hall–Kier alpha value is -1.69. The molecule has 1 aromatic heterocycles. The van der Waals surface area contributed by atoms with E-state index in [1.165, 1.54) is 25.3 Å². The Kier molecular flexibility index (Phi) is 3.78. The summed E-state index contributed by atoms with van der Waals surface area (Å²) in [6.07, 6.45) is 7.51. The molecule has 4 saturated carbocycles. The van der Waals surface area contributed by atoms with Crippen molar-refractivity contribution in [2.75, 3.05) is 31.1 Å². The van der Waals surface area contributed by atoms with Crippen molar-refractivity contribution < 1.29 is 9.18 Å². The van der Waals surface area contributed by atoms with Gasteiger partial charge in [-0.25, -0.2) is 9.37 Å². The second kappa shape index (κ2) is 6.15. The number of rotatable bonds is 2. The lowest BCUT2D eigenvalue weighted by atomic mass is 9.49. The predicted molar refractivity (Wildman–Crippen MR) is 109 cm³/mol. The average Bonchev–Trinajstić information content (AvgIpc) is 3.12. The van der Waals surface area contributed by atoms with Crippen LogP contribution < -0.4 is 4.90 Å². The Morgan fingerprint density at radius 3 is 2.29 bits per heavy atom. The first-order chi connectivity index (χ1) is 13.6. The molecule has 0 N–H and O–H groups in total. The highest BCUT2D eigenvalue weighted by atomic mass is 32.1. The molecule has 7 rings (SSSR count). The van der Waals surface area contributed by atoms with Crippen molar-refractivity contribution in [3.63, 3.8) is 0 Å². The Labute approximate surface area is 168 Å². The quantitative estimate of drug-likeness (QED) is 0.755. The van der Waals surface area contributed by atoms with E-state index >= 15 is 0 Å². The number of benzene rings is 1. The molecule has 2 aromatic rings. The minimum Gasteiger partial charge on any atom is -0.345 e. The molecule has 148 valence electrons. The summed E-state index contributed by atoms with van der Waals surface area (Å²) in [5.74, 6) is 2.58. The number of para-hydroxylation sites is 1. The Morgan fingerprint density at radius 2 is 1.68 bits per heavy atom. The Balaban J connectivity index is 1.17. The molecule has 1 saturated heterocycles. The van der Waals surface area contributed by atoms with Crippen LogP contribution in [0.1, 0.15) is 38.5 Å². The Morgan fingerprint density at radius 1 is 1.04 bits per heavy atom. The van der Waals surface area contributed by atoms with E-state index in [9.17, 15) is 9.18 Å². The zero-order chi connectivity index (χ0) is 18.9. The molecule has 28 heavy (non-hydrogen) atoms. The lowest BCUT2D eigenvalue weighted by Gasteiger charge is -2.57. The van der Waals surface area contributed by atoms with Crippen LogP contribution >= 0.6 is 11.3 Å². The van der Waals surface area contributed by atoms with Crippen LogP contribution in [0.5, 0.6) is 0 Å². The summed E-state index contributed by atoms with van der Waals surface area (Å²) in [5, 5.41) is 0.877. The van der Waals surface area contributed by atoms with Crippen LogP contribution in [0.3, 0.4) is 0 Å². The molecule has 0 spiro atoms. The van der Waals surface area contributed by atoms with Gasteiger partial charge in [0.25, 0.3) is 0 Å². The van der Waals surface area contributed by atoms with Crippen LogP contribution in [-0.2, 0) is 4.79 Å². The topological polar surface area (TPSA) is 36.4 Å². The first-order valence-corrected chi connectivity index (χ1v) is 11.5. The van der Waals surface area contributed by atoms with Crippen LogP contribution in [0.15, 0.2) is 18.2 Å². The van der Waals surface area contributed by atoms with E-state index in [4.69, 9.17) is 0 Å². The summed E-state index contributed by atoms with van der Waals surface area (Å²) in [7, 11) is 0. The number of thiazole rings is 1. The zero-order valence-corrected chi connectivity index (χ0v) is 16.9. The van der Waals surface area contributed by atoms with Gasteiger partial charge in [0.2, 0.25) is 5.91 Å². The highest BCUT2D eigenvalue weighted by Crippen LogP contribution is 2.60. The molecule has 5 fully saturated rings. The van der Waals surface area contributed by atoms with Gasteiger partial charge in [-0.3, -0.25) is 4.79 Å². The third kappa shape index (κ3) is 2.60. The minimum absolute atomic E-state index is 0.0457. The molecule has 2 heterocycles. The van der Waals surface area contributed by atoms with E-state index in [-0.39, 0.29) is 11.2 Å². The molecule has 0 atom stereocenters. The van der Waals surface area contributed by atoms with E-state index < -0.39 is 0 Å². The molecule has 4 bridgehead atoms. The second-order valence-corrected chi connectivity index (χ2v) is 10.6. The lowest BCUT2D eigenvalue weighted by Crippen LogP contribution is -2.58. The van der Waals surface area contributed by atoms with Gasteiger partial charge >= 0.3 is 0 Å². The molecule has 6 heteroatoms. The molecular formula is C22H26FN3OS. The third-order valence-corrected chi connectivity index (χ3v) is 8.77. The summed E-state index contributed by atoms with van der Waals surface area (Å²) in [5.41, 5.74) is 0.421. The van der Waals surface area contributed by atoms with Crippen molar-refractivity contribution in [3.05, 3.63) is 24.0 Å². The molecule has 0 radical (unpaired) electrons. The fraction of sp³-hybridized carbons (Fsp3) is 0.636. The average molecular weight is 400 g/mol. The number of piperazine rings is 1. The number of hydrogen-bond donors (Lipinski definition) is 0. The molecule has 5 aliphatic rings. The third-order valence-electron chi connectivity index (χ3n) is 7.69. The number of aromatic nitrogens is 1. The van der Waals surface area contributed by atoms with Gasteiger partial charge in [-0.1, -0.05) is 17.4 Å². The largest absolute Gasteiger partial charge is 0.345 e. The van der Waals surface area contributed by atoms with Crippen LogP contribution in [0.2, 0.25) is 0 Å². The van der Waals surface area contributed by atoms with Gasteiger partial charge in [0.15, 0.2) is 5.13 Å². The number of carbonyl (C=O) groups excluding carboxylic acids is 1. The smallest absolute Gasteiger partial charge is 0.228 e.